The van der Waals surface area contributed by atoms with Gasteiger partial charge in [0.05, 0.1) is 24.4 Å². The molecule has 1 saturated heterocycles. The summed E-state index contributed by atoms with van der Waals surface area (Å²) in [6, 6.07) is 14.0. The lowest BCUT2D eigenvalue weighted by Crippen LogP contribution is -2.43. The van der Waals surface area contributed by atoms with E-state index in [1.165, 1.54) is 0 Å². The molecule has 1 aromatic heterocycles. The zero-order valence-electron chi connectivity index (χ0n) is 19.3. The number of likely N-dealkylation sites (tertiary alicyclic amines) is 1. The number of hydrogen-bond donors (Lipinski definition) is 3. The molecule has 5 rings (SSSR count). The minimum absolute atomic E-state index is 0.0729. The Morgan fingerprint density at radius 1 is 1.24 bits per heavy atom. The highest BCUT2D eigenvalue weighted by molar-refractivity contribution is 5.95. The molecule has 0 bridgehead atoms. The van der Waals surface area contributed by atoms with Gasteiger partial charge in [-0.1, -0.05) is 6.07 Å². The normalized spacial score (nSPS) is 17.6. The minimum atomic E-state index is -0.588. The van der Waals surface area contributed by atoms with Crippen molar-refractivity contribution in [1.82, 2.24) is 15.2 Å². The van der Waals surface area contributed by atoms with Crippen LogP contribution in [0.2, 0.25) is 0 Å². The van der Waals surface area contributed by atoms with E-state index < -0.39 is 6.10 Å². The molecule has 1 atom stereocenters. The van der Waals surface area contributed by atoms with Gasteiger partial charge in [-0.2, -0.15) is 0 Å². The number of carbonyl (C=O) groups is 1. The summed E-state index contributed by atoms with van der Waals surface area (Å²) in [6.45, 7) is 3.25. The van der Waals surface area contributed by atoms with Crippen LogP contribution >= 0.6 is 0 Å². The van der Waals surface area contributed by atoms with Crippen molar-refractivity contribution >= 4 is 22.5 Å². The quantitative estimate of drug-likeness (QED) is 0.497. The van der Waals surface area contributed by atoms with Gasteiger partial charge in [0.2, 0.25) is 0 Å². The van der Waals surface area contributed by atoms with E-state index in [9.17, 15) is 9.90 Å². The largest absolute Gasteiger partial charge is 0.497 e. The van der Waals surface area contributed by atoms with Crippen LogP contribution in [0.1, 0.15) is 30.1 Å². The Kier molecular flexibility index (Phi) is 6.62. The van der Waals surface area contributed by atoms with Gasteiger partial charge in [0.25, 0.3) is 5.91 Å². The Labute approximate surface area is 198 Å². The third-order valence-electron chi connectivity index (χ3n) is 6.63. The number of methoxy groups -OCH3 is 1. The molecular weight excluding hydrogens is 432 g/mol. The Morgan fingerprint density at radius 3 is 2.91 bits per heavy atom. The minimum Gasteiger partial charge on any atom is -0.497 e. The zero-order valence-corrected chi connectivity index (χ0v) is 19.3. The maximum Gasteiger partial charge on any atom is 0.262 e. The summed E-state index contributed by atoms with van der Waals surface area (Å²) in [6.07, 6.45) is 3.20. The van der Waals surface area contributed by atoms with Crippen molar-refractivity contribution in [3.8, 4) is 11.5 Å². The van der Waals surface area contributed by atoms with Crippen LogP contribution in [0, 0.1) is 0 Å². The standard InChI is InChI=1S/C26H30N4O4/c1-33-19-3-4-22-21(13-19)20(6-9-27-22)24(31)15-30-10-7-18(8-11-30)28-14-17-2-5-25-23(12-17)29-26(32)16-34-25/h2-6,9,12-13,18,24,28,31H,7-8,10-11,14-16H2,1H3,(H,29,32)/t24-/m0/s1. The second kappa shape index (κ2) is 9.97. The molecule has 0 aliphatic carbocycles. The van der Waals surface area contributed by atoms with Gasteiger partial charge in [-0.15, -0.1) is 0 Å². The van der Waals surface area contributed by atoms with E-state index in [2.05, 4.69) is 20.5 Å². The molecule has 1 amide bonds. The van der Waals surface area contributed by atoms with Crippen molar-refractivity contribution in [2.75, 3.05) is 38.7 Å². The molecule has 2 aromatic carbocycles. The first-order valence-corrected chi connectivity index (χ1v) is 11.7. The van der Waals surface area contributed by atoms with E-state index >= 15 is 0 Å². The number of fused-ring (bicyclic) bond motifs is 2. The highest BCUT2D eigenvalue weighted by Crippen LogP contribution is 2.29. The van der Waals surface area contributed by atoms with E-state index in [0.717, 1.165) is 71.7 Å². The maximum atomic E-state index is 11.6. The molecule has 1 fully saturated rings. The number of hydrogen-bond acceptors (Lipinski definition) is 7. The number of piperidine rings is 1. The van der Waals surface area contributed by atoms with Gasteiger partial charge in [-0.05, 0) is 73.5 Å². The molecule has 0 unspecified atom stereocenters. The van der Waals surface area contributed by atoms with Crippen LogP contribution in [0.25, 0.3) is 10.9 Å². The van der Waals surface area contributed by atoms with Crippen LogP contribution in [0.15, 0.2) is 48.7 Å². The number of ether oxygens (including phenoxy) is 2. The van der Waals surface area contributed by atoms with E-state index in [4.69, 9.17) is 9.47 Å². The number of amides is 1. The second-order valence-corrected chi connectivity index (χ2v) is 8.92. The number of rotatable bonds is 7. The molecule has 2 aliphatic rings. The number of aromatic nitrogens is 1. The van der Waals surface area contributed by atoms with Crippen molar-refractivity contribution in [2.45, 2.75) is 31.5 Å². The zero-order chi connectivity index (χ0) is 23.5. The Hall–Kier alpha value is -3.20. The fraction of sp³-hybridized carbons (Fsp3) is 0.385. The summed E-state index contributed by atoms with van der Waals surface area (Å²) in [5, 5.41) is 18.4. The summed E-state index contributed by atoms with van der Waals surface area (Å²) in [4.78, 5) is 18.3. The fourth-order valence-corrected chi connectivity index (χ4v) is 4.73. The summed E-state index contributed by atoms with van der Waals surface area (Å²) in [7, 11) is 1.64. The highest BCUT2D eigenvalue weighted by atomic mass is 16.5. The van der Waals surface area contributed by atoms with Gasteiger partial charge in [-0.3, -0.25) is 9.78 Å². The topological polar surface area (TPSA) is 96.0 Å². The number of aliphatic hydroxyl groups is 1. The molecule has 178 valence electrons. The van der Waals surface area contributed by atoms with Crippen LogP contribution in [0.4, 0.5) is 5.69 Å². The third kappa shape index (κ3) is 4.99. The van der Waals surface area contributed by atoms with Crippen LogP contribution in [-0.4, -0.2) is 60.3 Å². The predicted molar refractivity (Wildman–Crippen MR) is 130 cm³/mol. The van der Waals surface area contributed by atoms with E-state index in [1.807, 2.05) is 42.5 Å². The van der Waals surface area contributed by atoms with Gasteiger partial charge in [-0.25, -0.2) is 0 Å². The SMILES string of the molecule is COc1ccc2nccc([C@@H](O)CN3CCC(NCc4ccc5c(c4)NC(=O)CO5)CC3)c2c1. The Bertz CT molecular complexity index is 1180. The predicted octanol–water partition coefficient (Wildman–Crippen LogP) is 2.86. The number of anilines is 1. The maximum absolute atomic E-state index is 11.6. The molecule has 0 spiro atoms. The molecule has 8 nitrogen and oxygen atoms in total. The number of β-amino-alcohol motifs (C(OH)–C–C–N with tert-alkyl or cyclic N) is 1. The second-order valence-electron chi connectivity index (χ2n) is 8.92. The van der Waals surface area contributed by atoms with E-state index in [1.54, 1.807) is 13.3 Å². The monoisotopic (exact) mass is 462 g/mol. The summed E-state index contributed by atoms with van der Waals surface area (Å²) < 4.78 is 10.8. The molecule has 3 heterocycles. The number of carbonyl (C=O) groups excluding carboxylic acids is 1. The van der Waals surface area contributed by atoms with Crippen molar-refractivity contribution in [2.24, 2.45) is 0 Å². The third-order valence-corrected chi connectivity index (χ3v) is 6.63. The Balaban J connectivity index is 1.14. The van der Waals surface area contributed by atoms with Crippen LogP contribution in [-0.2, 0) is 11.3 Å². The van der Waals surface area contributed by atoms with Gasteiger partial charge >= 0.3 is 0 Å². The summed E-state index contributed by atoms with van der Waals surface area (Å²) in [5.74, 6) is 1.36. The lowest BCUT2D eigenvalue weighted by atomic mass is 10.0. The van der Waals surface area contributed by atoms with Crippen molar-refractivity contribution < 1.29 is 19.4 Å². The lowest BCUT2D eigenvalue weighted by Gasteiger charge is -2.34. The van der Waals surface area contributed by atoms with E-state index in [-0.39, 0.29) is 12.5 Å². The van der Waals surface area contributed by atoms with Crippen molar-refractivity contribution in [3.63, 3.8) is 0 Å². The number of aliphatic hydroxyl groups excluding tert-OH is 1. The smallest absolute Gasteiger partial charge is 0.262 e. The molecule has 8 heteroatoms. The molecule has 3 aromatic rings. The van der Waals surface area contributed by atoms with Crippen molar-refractivity contribution in [3.05, 3.63) is 59.8 Å². The summed E-state index contributed by atoms with van der Waals surface area (Å²) >= 11 is 0. The lowest BCUT2D eigenvalue weighted by molar-refractivity contribution is -0.118. The van der Waals surface area contributed by atoms with Crippen LogP contribution in [0.3, 0.4) is 0 Å². The number of nitrogens with one attached hydrogen (secondary N) is 2. The van der Waals surface area contributed by atoms with Crippen LogP contribution < -0.4 is 20.1 Å². The highest BCUT2D eigenvalue weighted by Gasteiger charge is 2.23. The van der Waals surface area contributed by atoms with Crippen molar-refractivity contribution in [1.29, 1.82) is 0 Å². The average molecular weight is 463 g/mol. The van der Waals surface area contributed by atoms with Crippen LogP contribution in [0.5, 0.6) is 11.5 Å². The molecule has 2 aliphatic heterocycles. The fourth-order valence-electron chi connectivity index (χ4n) is 4.73. The molecule has 0 radical (unpaired) electrons. The number of nitrogens with zero attached hydrogens (tertiary/aromatic N) is 2. The number of pyridine rings is 1. The first-order valence-electron chi connectivity index (χ1n) is 11.7. The summed E-state index contributed by atoms with van der Waals surface area (Å²) in [5.41, 5.74) is 3.59. The molecular formula is C26H30N4O4. The molecule has 34 heavy (non-hydrogen) atoms. The Morgan fingerprint density at radius 2 is 2.09 bits per heavy atom. The van der Waals surface area contributed by atoms with Gasteiger partial charge < -0.3 is 30.1 Å². The van der Waals surface area contributed by atoms with Gasteiger partial charge in [0.1, 0.15) is 11.5 Å². The molecule has 0 saturated carbocycles. The van der Waals surface area contributed by atoms with Gasteiger partial charge in [0.15, 0.2) is 6.61 Å². The average Bonchev–Trinajstić information content (AvgIpc) is 2.87. The first kappa shape index (κ1) is 22.6. The molecule has 3 N–H and O–H groups in total. The van der Waals surface area contributed by atoms with Gasteiger partial charge in [0, 0.05) is 30.7 Å². The van der Waals surface area contributed by atoms with E-state index in [0.29, 0.717) is 12.6 Å². The number of benzene rings is 2. The first-order chi connectivity index (χ1) is 16.6.